The van der Waals surface area contributed by atoms with Crippen molar-refractivity contribution in [2.24, 2.45) is 0 Å². The van der Waals surface area contributed by atoms with Gasteiger partial charge in [0.05, 0.1) is 37.8 Å². The molecule has 0 spiro atoms. The number of ether oxygens (including phenoxy) is 1. The Balaban J connectivity index is 1.37. The number of amides is 2. The molecule has 1 saturated carbocycles. The highest BCUT2D eigenvalue weighted by atomic mass is 19.3. The molecule has 2 atom stereocenters. The van der Waals surface area contributed by atoms with Gasteiger partial charge in [0.1, 0.15) is 6.33 Å². The van der Waals surface area contributed by atoms with Gasteiger partial charge in [-0.25, -0.2) is 9.67 Å². The minimum Gasteiger partial charge on any atom is -0.378 e. The molecule has 1 aliphatic heterocycles. The monoisotopic (exact) mass is 516 g/mol. The van der Waals surface area contributed by atoms with E-state index in [0.29, 0.717) is 59.6 Å². The summed E-state index contributed by atoms with van der Waals surface area (Å²) in [6, 6.07) is -0.309. The highest BCUT2D eigenvalue weighted by Crippen LogP contribution is 2.26. The smallest absolute Gasteiger partial charge is 0.333 e. The quantitative estimate of drug-likeness (QED) is 0.348. The van der Waals surface area contributed by atoms with Crippen molar-refractivity contribution in [2.75, 3.05) is 43.1 Å². The lowest BCUT2D eigenvalue weighted by Crippen LogP contribution is -2.58. The maximum absolute atomic E-state index is 13.1. The van der Waals surface area contributed by atoms with Crippen LogP contribution in [0, 0.1) is 0 Å². The maximum atomic E-state index is 13.1. The number of nitrogens with zero attached hydrogens (tertiary/aromatic N) is 7. The second-order valence-corrected chi connectivity index (χ2v) is 8.64. The standard InChI is InChI=1S/C22H26F2N10O3/c1-2-16(35)28-14-3-4-15(14)29-17(36)10-25-19-18-20(31-22(30-19)32-5-7-37-8-6-32)33(12-26-18)13-9-27-34(11-13)21(23)24/h2,9,11-12,14-15,21H,1,3-8,10H2,(H,28,35)(H,29,36)(H,25,30,31)/t14-,15-/m1/s1. The van der Waals surface area contributed by atoms with Gasteiger partial charge in [0.15, 0.2) is 17.0 Å². The molecule has 196 valence electrons. The molecule has 0 unspecified atom stereocenters. The number of aromatic nitrogens is 6. The van der Waals surface area contributed by atoms with Crippen LogP contribution in [0.3, 0.4) is 0 Å². The summed E-state index contributed by atoms with van der Waals surface area (Å²) in [6.45, 7) is 2.73. The molecule has 1 saturated heterocycles. The van der Waals surface area contributed by atoms with Gasteiger partial charge < -0.3 is 25.6 Å². The topological polar surface area (TPSA) is 144 Å². The van der Waals surface area contributed by atoms with Crippen LogP contribution in [0.4, 0.5) is 20.5 Å². The SMILES string of the molecule is C=CC(=O)N[C@@H]1CC[C@H]1NC(=O)CNc1nc(N2CCOCC2)nc2c1ncn2-c1cnn(C(F)F)c1. The molecule has 0 bridgehead atoms. The van der Waals surface area contributed by atoms with E-state index in [9.17, 15) is 18.4 Å². The van der Waals surface area contributed by atoms with Crippen LogP contribution in [0.25, 0.3) is 16.9 Å². The van der Waals surface area contributed by atoms with Gasteiger partial charge in [-0.15, -0.1) is 0 Å². The number of fused-ring (bicyclic) bond motifs is 1. The molecule has 3 aromatic heterocycles. The molecule has 15 heteroatoms. The summed E-state index contributed by atoms with van der Waals surface area (Å²) in [5.41, 5.74) is 1.10. The molecule has 4 heterocycles. The van der Waals surface area contributed by atoms with Gasteiger partial charge in [-0.1, -0.05) is 6.58 Å². The molecule has 0 aromatic carbocycles. The third-order valence-electron chi connectivity index (χ3n) is 6.29. The molecule has 5 rings (SSSR count). The zero-order chi connectivity index (χ0) is 25.9. The predicted octanol–water partition coefficient (Wildman–Crippen LogP) is 0.605. The second-order valence-electron chi connectivity index (χ2n) is 8.64. The number of halogens is 2. The summed E-state index contributed by atoms with van der Waals surface area (Å²) in [5, 5.41) is 12.4. The molecule has 3 N–H and O–H groups in total. The van der Waals surface area contributed by atoms with E-state index >= 15 is 0 Å². The third kappa shape index (κ3) is 5.21. The van der Waals surface area contributed by atoms with Crippen LogP contribution in [-0.2, 0) is 14.3 Å². The van der Waals surface area contributed by atoms with Crippen LogP contribution in [0.1, 0.15) is 19.4 Å². The Labute approximate surface area is 209 Å². The Morgan fingerprint density at radius 2 is 1.95 bits per heavy atom. The summed E-state index contributed by atoms with van der Waals surface area (Å²) in [7, 11) is 0. The zero-order valence-electron chi connectivity index (χ0n) is 19.8. The number of rotatable bonds is 9. The fraction of sp³-hybridized carbons (Fsp3) is 0.455. The Morgan fingerprint density at radius 1 is 1.19 bits per heavy atom. The van der Waals surface area contributed by atoms with Crippen molar-refractivity contribution in [3.8, 4) is 5.69 Å². The number of morpholine rings is 1. The van der Waals surface area contributed by atoms with Gasteiger partial charge in [0, 0.05) is 25.2 Å². The first kappa shape index (κ1) is 24.5. The zero-order valence-corrected chi connectivity index (χ0v) is 19.8. The first-order valence-electron chi connectivity index (χ1n) is 11.8. The van der Waals surface area contributed by atoms with Crippen molar-refractivity contribution in [3.63, 3.8) is 0 Å². The van der Waals surface area contributed by atoms with Gasteiger partial charge in [0.25, 0.3) is 0 Å². The van der Waals surface area contributed by atoms with Crippen molar-refractivity contribution in [3.05, 3.63) is 31.4 Å². The maximum Gasteiger partial charge on any atom is 0.333 e. The summed E-state index contributed by atoms with van der Waals surface area (Å²) in [6.07, 6.45) is 6.66. The first-order chi connectivity index (χ1) is 17.9. The fourth-order valence-corrected chi connectivity index (χ4v) is 4.17. The van der Waals surface area contributed by atoms with Crippen LogP contribution in [0.2, 0.25) is 0 Å². The van der Waals surface area contributed by atoms with Crippen LogP contribution < -0.4 is 20.9 Å². The highest BCUT2D eigenvalue weighted by molar-refractivity contribution is 5.89. The van der Waals surface area contributed by atoms with Crippen molar-refractivity contribution in [1.82, 2.24) is 39.9 Å². The number of carbonyl (C=O) groups is 2. The molecule has 2 fully saturated rings. The minimum atomic E-state index is -2.78. The average molecular weight is 517 g/mol. The van der Waals surface area contributed by atoms with Crippen LogP contribution in [0.5, 0.6) is 0 Å². The normalized spacial score (nSPS) is 19.5. The number of imidazole rings is 1. The summed E-state index contributed by atoms with van der Waals surface area (Å²) in [4.78, 5) is 39.8. The lowest BCUT2D eigenvalue weighted by atomic mass is 9.86. The van der Waals surface area contributed by atoms with Crippen molar-refractivity contribution < 1.29 is 23.1 Å². The molecule has 37 heavy (non-hydrogen) atoms. The Hall–Kier alpha value is -4.14. The number of carbonyl (C=O) groups excluding carboxylic acids is 2. The van der Waals surface area contributed by atoms with Crippen LogP contribution in [-0.4, -0.2) is 86.0 Å². The molecule has 3 aromatic rings. The van der Waals surface area contributed by atoms with E-state index in [2.05, 4.69) is 42.6 Å². The lowest BCUT2D eigenvalue weighted by molar-refractivity contribution is -0.122. The number of nitrogens with one attached hydrogen (secondary N) is 3. The molecular weight excluding hydrogens is 490 g/mol. The average Bonchev–Trinajstić information content (AvgIpc) is 3.56. The highest BCUT2D eigenvalue weighted by Gasteiger charge is 2.32. The summed E-state index contributed by atoms with van der Waals surface area (Å²) < 4.78 is 33.6. The minimum absolute atomic E-state index is 0.0938. The fourth-order valence-electron chi connectivity index (χ4n) is 4.17. The van der Waals surface area contributed by atoms with E-state index in [1.165, 1.54) is 24.8 Å². The summed E-state index contributed by atoms with van der Waals surface area (Å²) in [5.74, 6) is 0.162. The van der Waals surface area contributed by atoms with E-state index in [0.717, 1.165) is 12.8 Å². The predicted molar refractivity (Wildman–Crippen MR) is 129 cm³/mol. The Morgan fingerprint density at radius 3 is 2.62 bits per heavy atom. The lowest BCUT2D eigenvalue weighted by Gasteiger charge is -2.37. The van der Waals surface area contributed by atoms with Gasteiger partial charge >= 0.3 is 6.55 Å². The largest absolute Gasteiger partial charge is 0.378 e. The number of hydrogen-bond acceptors (Lipinski definition) is 9. The summed E-state index contributed by atoms with van der Waals surface area (Å²) >= 11 is 0. The van der Waals surface area contributed by atoms with E-state index < -0.39 is 6.55 Å². The molecule has 0 radical (unpaired) electrons. The molecule has 2 aliphatic rings. The van der Waals surface area contributed by atoms with Gasteiger partial charge in [-0.3, -0.25) is 14.2 Å². The molecular formula is C22H26F2N10O3. The number of alkyl halides is 2. The van der Waals surface area contributed by atoms with Crippen molar-refractivity contribution in [1.29, 1.82) is 0 Å². The molecule has 1 aliphatic carbocycles. The molecule has 13 nitrogen and oxygen atoms in total. The number of anilines is 2. The van der Waals surface area contributed by atoms with Crippen LogP contribution in [0.15, 0.2) is 31.4 Å². The van der Waals surface area contributed by atoms with E-state index in [1.54, 1.807) is 4.57 Å². The van der Waals surface area contributed by atoms with Crippen molar-refractivity contribution >= 4 is 34.7 Å². The second kappa shape index (κ2) is 10.5. The Kier molecular flexibility index (Phi) is 6.94. The molecule has 2 amide bonds. The van der Waals surface area contributed by atoms with Crippen molar-refractivity contribution in [2.45, 2.75) is 31.5 Å². The van der Waals surface area contributed by atoms with Gasteiger partial charge in [0.2, 0.25) is 17.8 Å². The van der Waals surface area contributed by atoms with Crippen LogP contribution >= 0.6 is 0 Å². The van der Waals surface area contributed by atoms with E-state index in [4.69, 9.17) is 4.74 Å². The van der Waals surface area contributed by atoms with E-state index in [1.807, 2.05) is 4.90 Å². The number of hydrogen-bond donors (Lipinski definition) is 3. The third-order valence-corrected chi connectivity index (χ3v) is 6.29. The van der Waals surface area contributed by atoms with Gasteiger partial charge in [-0.05, 0) is 18.9 Å². The Bertz CT molecular complexity index is 1300. The van der Waals surface area contributed by atoms with E-state index in [-0.39, 0.29) is 30.4 Å². The van der Waals surface area contributed by atoms with Gasteiger partial charge in [-0.2, -0.15) is 23.8 Å². The first-order valence-corrected chi connectivity index (χ1v) is 11.8.